The molecule has 0 atom stereocenters. The Labute approximate surface area is 153 Å². The first-order valence-corrected chi connectivity index (χ1v) is 9.85. The molecular weight excluding hydrogens is 308 g/mol. The van der Waals surface area contributed by atoms with Crippen molar-refractivity contribution in [3.05, 3.63) is 49.1 Å². The van der Waals surface area contributed by atoms with Gasteiger partial charge in [0.1, 0.15) is 13.6 Å². The number of rotatable bonds is 12. The first-order valence-electron chi connectivity index (χ1n) is 9.85. The minimum atomic E-state index is 0.350. The van der Waals surface area contributed by atoms with Gasteiger partial charge in [-0.3, -0.25) is 0 Å². The second-order valence-electron chi connectivity index (χ2n) is 6.98. The number of aryl methyl sites for hydroxylation is 2. The summed E-state index contributed by atoms with van der Waals surface area (Å²) in [6, 6.07) is 8.73. The molecule has 0 aromatic carbocycles. The van der Waals surface area contributed by atoms with Crippen molar-refractivity contribution in [2.45, 2.75) is 64.3 Å². The third kappa shape index (κ3) is 7.78. The molecule has 2 aromatic heterocycles. The van der Waals surface area contributed by atoms with E-state index in [4.69, 9.17) is 5.11 Å². The van der Waals surface area contributed by atoms with Gasteiger partial charge in [0, 0.05) is 37.3 Å². The molecule has 0 saturated carbocycles. The third-order valence-electron chi connectivity index (χ3n) is 4.78. The number of hydrogen-bond donors (Lipinski definition) is 1. The maximum atomic E-state index is 8.74. The number of aliphatic hydroxyl groups is 1. The quantitative estimate of drug-likeness (QED) is 0.459. The Balaban J connectivity index is 1.58. The Morgan fingerprint density at radius 1 is 0.640 bits per heavy atom. The standard InChI is InChI=1S/C22H34N2O/c1-23-16-11-21(12-17-23)22-13-18-24(19-14-22)15-9-7-5-3-2-4-6-8-10-20-25/h11-14,16-19,25H,2-10,15,20H2,1H3/q+2. The Bertz CT molecular complexity index is 578. The van der Waals surface area contributed by atoms with Crippen molar-refractivity contribution in [1.29, 1.82) is 0 Å². The SMILES string of the molecule is C[n+]1ccc(-c2cc[n+](CCCCCCCCCCCO)cc2)cc1. The van der Waals surface area contributed by atoms with Crippen LogP contribution < -0.4 is 9.13 Å². The fraction of sp³-hybridized carbons (Fsp3) is 0.545. The molecule has 0 bridgehead atoms. The summed E-state index contributed by atoms with van der Waals surface area (Å²) in [5, 5.41) is 8.74. The van der Waals surface area contributed by atoms with Crippen molar-refractivity contribution < 1.29 is 14.2 Å². The van der Waals surface area contributed by atoms with Gasteiger partial charge >= 0.3 is 0 Å². The summed E-state index contributed by atoms with van der Waals surface area (Å²) in [6.07, 6.45) is 20.0. The van der Waals surface area contributed by atoms with E-state index in [1.165, 1.54) is 62.5 Å². The monoisotopic (exact) mass is 342 g/mol. The van der Waals surface area contributed by atoms with E-state index in [-0.39, 0.29) is 0 Å². The van der Waals surface area contributed by atoms with Gasteiger partial charge in [0.25, 0.3) is 0 Å². The lowest BCUT2D eigenvalue weighted by atomic mass is 10.1. The van der Waals surface area contributed by atoms with Crippen LogP contribution in [0.1, 0.15) is 57.8 Å². The van der Waals surface area contributed by atoms with Crippen molar-refractivity contribution in [2.24, 2.45) is 7.05 Å². The van der Waals surface area contributed by atoms with E-state index >= 15 is 0 Å². The Morgan fingerprint density at radius 3 is 1.60 bits per heavy atom. The van der Waals surface area contributed by atoms with Crippen molar-refractivity contribution >= 4 is 0 Å². The van der Waals surface area contributed by atoms with Crippen LogP contribution >= 0.6 is 0 Å². The maximum Gasteiger partial charge on any atom is 0.169 e. The van der Waals surface area contributed by atoms with Crippen LogP contribution in [-0.4, -0.2) is 11.7 Å². The van der Waals surface area contributed by atoms with Gasteiger partial charge in [-0.1, -0.05) is 38.5 Å². The first-order chi connectivity index (χ1) is 12.3. The minimum absolute atomic E-state index is 0.350. The molecule has 0 spiro atoms. The Morgan fingerprint density at radius 2 is 1.08 bits per heavy atom. The Hall–Kier alpha value is -1.74. The second-order valence-corrected chi connectivity index (χ2v) is 6.98. The van der Waals surface area contributed by atoms with E-state index in [2.05, 4.69) is 58.2 Å². The lowest BCUT2D eigenvalue weighted by Crippen LogP contribution is -2.32. The highest BCUT2D eigenvalue weighted by atomic mass is 16.2. The van der Waals surface area contributed by atoms with Crippen LogP contribution in [0.4, 0.5) is 0 Å². The lowest BCUT2D eigenvalue weighted by Gasteiger charge is -2.02. The molecule has 0 aliphatic heterocycles. The highest BCUT2D eigenvalue weighted by molar-refractivity contribution is 5.60. The summed E-state index contributed by atoms with van der Waals surface area (Å²) in [4.78, 5) is 0. The number of aromatic nitrogens is 2. The van der Waals surface area contributed by atoms with Crippen molar-refractivity contribution in [3.8, 4) is 11.1 Å². The average Bonchev–Trinajstić information content (AvgIpc) is 2.64. The molecule has 0 aliphatic rings. The fourth-order valence-corrected chi connectivity index (χ4v) is 3.14. The van der Waals surface area contributed by atoms with E-state index in [1.54, 1.807) is 0 Å². The summed E-state index contributed by atoms with van der Waals surface area (Å²) < 4.78 is 4.35. The van der Waals surface area contributed by atoms with Gasteiger partial charge in [0.15, 0.2) is 24.8 Å². The number of pyridine rings is 2. The topological polar surface area (TPSA) is 28.0 Å². The molecule has 2 rings (SSSR count). The van der Waals surface area contributed by atoms with Crippen LogP contribution in [0.2, 0.25) is 0 Å². The van der Waals surface area contributed by atoms with Crippen LogP contribution in [0.15, 0.2) is 49.1 Å². The van der Waals surface area contributed by atoms with Crippen LogP contribution in [0.25, 0.3) is 11.1 Å². The number of aliphatic hydroxyl groups excluding tert-OH is 1. The van der Waals surface area contributed by atoms with Gasteiger partial charge < -0.3 is 5.11 Å². The molecule has 0 unspecified atom stereocenters. The highest BCUT2D eigenvalue weighted by Gasteiger charge is 2.04. The molecule has 3 heteroatoms. The van der Waals surface area contributed by atoms with Gasteiger partial charge in [-0.2, -0.15) is 0 Å². The van der Waals surface area contributed by atoms with Crippen molar-refractivity contribution in [1.82, 2.24) is 0 Å². The molecule has 0 radical (unpaired) electrons. The van der Waals surface area contributed by atoms with E-state index in [0.717, 1.165) is 13.0 Å². The van der Waals surface area contributed by atoms with Crippen LogP contribution in [-0.2, 0) is 13.6 Å². The summed E-state index contributed by atoms with van der Waals surface area (Å²) in [6.45, 7) is 1.46. The molecule has 25 heavy (non-hydrogen) atoms. The first kappa shape index (κ1) is 19.6. The highest BCUT2D eigenvalue weighted by Crippen LogP contribution is 2.15. The van der Waals surface area contributed by atoms with Crippen LogP contribution in [0.3, 0.4) is 0 Å². The molecule has 0 saturated heterocycles. The predicted octanol–water partition coefficient (Wildman–Crippen LogP) is 3.97. The summed E-state index contributed by atoms with van der Waals surface area (Å²) in [5.41, 5.74) is 2.54. The molecule has 0 fully saturated rings. The molecule has 2 heterocycles. The lowest BCUT2D eigenvalue weighted by molar-refractivity contribution is -0.697. The smallest absolute Gasteiger partial charge is 0.169 e. The zero-order valence-electron chi connectivity index (χ0n) is 15.7. The van der Waals surface area contributed by atoms with E-state index in [1.807, 2.05) is 7.05 Å². The van der Waals surface area contributed by atoms with Crippen molar-refractivity contribution in [2.75, 3.05) is 6.61 Å². The van der Waals surface area contributed by atoms with Gasteiger partial charge in [-0.15, -0.1) is 0 Å². The van der Waals surface area contributed by atoms with E-state index in [9.17, 15) is 0 Å². The third-order valence-corrected chi connectivity index (χ3v) is 4.78. The maximum absolute atomic E-state index is 8.74. The molecule has 1 N–H and O–H groups in total. The van der Waals surface area contributed by atoms with Gasteiger partial charge in [-0.05, 0) is 24.0 Å². The largest absolute Gasteiger partial charge is 0.396 e. The second kappa shape index (κ2) is 11.8. The predicted molar refractivity (Wildman–Crippen MR) is 102 cm³/mol. The van der Waals surface area contributed by atoms with Crippen LogP contribution in [0.5, 0.6) is 0 Å². The summed E-state index contributed by atoms with van der Waals surface area (Å²) in [7, 11) is 2.04. The van der Waals surface area contributed by atoms with Crippen LogP contribution in [0, 0.1) is 0 Å². The number of hydrogen-bond acceptors (Lipinski definition) is 1. The molecule has 0 amide bonds. The fourth-order valence-electron chi connectivity index (χ4n) is 3.14. The molecule has 136 valence electrons. The van der Waals surface area contributed by atoms with Gasteiger partial charge in [0.05, 0.1) is 0 Å². The zero-order chi connectivity index (χ0) is 17.7. The van der Waals surface area contributed by atoms with E-state index < -0.39 is 0 Å². The average molecular weight is 343 g/mol. The molecule has 2 aromatic rings. The number of unbranched alkanes of at least 4 members (excludes halogenated alkanes) is 8. The van der Waals surface area contributed by atoms with Gasteiger partial charge in [-0.25, -0.2) is 9.13 Å². The number of nitrogens with zero attached hydrogens (tertiary/aromatic N) is 2. The molecule has 3 nitrogen and oxygen atoms in total. The minimum Gasteiger partial charge on any atom is -0.396 e. The molecular formula is C22H34N2O+2. The zero-order valence-corrected chi connectivity index (χ0v) is 15.7. The Kier molecular flexibility index (Phi) is 9.21. The van der Waals surface area contributed by atoms with E-state index in [0.29, 0.717) is 6.61 Å². The van der Waals surface area contributed by atoms with Crippen molar-refractivity contribution in [3.63, 3.8) is 0 Å². The van der Waals surface area contributed by atoms with Gasteiger partial charge in [0.2, 0.25) is 0 Å². The molecule has 0 aliphatic carbocycles. The summed E-state index contributed by atoms with van der Waals surface area (Å²) >= 11 is 0. The normalized spacial score (nSPS) is 11.0. The summed E-state index contributed by atoms with van der Waals surface area (Å²) in [5.74, 6) is 0.